The third-order valence-electron chi connectivity index (χ3n) is 4.12. The molecule has 0 heterocycles. The average molecular weight is 256 g/mol. The zero-order valence-electron chi connectivity index (χ0n) is 10.6. The van der Waals surface area contributed by atoms with Gasteiger partial charge in [-0.05, 0) is 41.5 Å². The molecule has 0 saturated heterocycles. The number of rotatable bonds is 1. The Balaban J connectivity index is 1.89. The van der Waals surface area contributed by atoms with Gasteiger partial charge in [0.2, 0.25) is 0 Å². The number of aliphatic hydroxyl groups excluding tert-OH is 1. The molecule has 1 unspecified atom stereocenters. The summed E-state index contributed by atoms with van der Waals surface area (Å²) in [7, 11) is 0. The fourth-order valence-electron chi connectivity index (χ4n) is 2.93. The molecular formula is C16H16O3. The molecule has 0 spiro atoms. The van der Waals surface area contributed by atoms with Crippen molar-refractivity contribution in [3.8, 4) is 0 Å². The van der Waals surface area contributed by atoms with Crippen LogP contribution in [0.25, 0.3) is 6.08 Å². The summed E-state index contributed by atoms with van der Waals surface area (Å²) in [6.07, 6.45) is 5.31. The predicted octanol–water partition coefficient (Wildman–Crippen LogP) is 2.54. The lowest BCUT2D eigenvalue weighted by Gasteiger charge is -2.23. The second-order valence-corrected chi connectivity index (χ2v) is 5.34. The van der Waals surface area contributed by atoms with E-state index in [-0.39, 0.29) is 5.78 Å². The van der Waals surface area contributed by atoms with Crippen LogP contribution in [0.15, 0.2) is 24.3 Å². The van der Waals surface area contributed by atoms with Gasteiger partial charge in [-0.3, -0.25) is 9.59 Å². The molecule has 0 aromatic heterocycles. The quantitative estimate of drug-likeness (QED) is 0.840. The second-order valence-electron chi connectivity index (χ2n) is 5.34. The highest BCUT2D eigenvalue weighted by Crippen LogP contribution is 2.34. The maximum atomic E-state index is 11.4. The van der Waals surface area contributed by atoms with Gasteiger partial charge in [-0.1, -0.05) is 24.3 Å². The van der Waals surface area contributed by atoms with E-state index in [1.165, 1.54) is 11.6 Å². The molecule has 98 valence electrons. The molecule has 0 bridgehead atoms. The molecule has 0 amide bonds. The molecule has 3 nitrogen and oxygen atoms in total. The summed E-state index contributed by atoms with van der Waals surface area (Å²) >= 11 is 0. The molecule has 1 fully saturated rings. The summed E-state index contributed by atoms with van der Waals surface area (Å²) in [6, 6.07) is 5.87. The second kappa shape index (κ2) is 4.74. The Morgan fingerprint density at radius 1 is 1.05 bits per heavy atom. The van der Waals surface area contributed by atoms with Gasteiger partial charge in [-0.2, -0.15) is 0 Å². The maximum Gasteiger partial charge on any atom is 0.188 e. The van der Waals surface area contributed by atoms with Crippen molar-refractivity contribution in [2.75, 3.05) is 0 Å². The van der Waals surface area contributed by atoms with E-state index in [0.717, 1.165) is 18.4 Å². The number of benzene rings is 1. The van der Waals surface area contributed by atoms with Crippen LogP contribution < -0.4 is 0 Å². The smallest absolute Gasteiger partial charge is 0.188 e. The first kappa shape index (κ1) is 12.3. The number of hydrogen-bond acceptors (Lipinski definition) is 3. The Morgan fingerprint density at radius 3 is 2.53 bits per heavy atom. The van der Waals surface area contributed by atoms with Crippen molar-refractivity contribution < 1.29 is 14.7 Å². The van der Waals surface area contributed by atoms with Crippen molar-refractivity contribution in [2.45, 2.75) is 37.7 Å². The number of carbonyl (C=O) groups is 2. The highest BCUT2D eigenvalue weighted by atomic mass is 16.3. The Bertz CT molecular complexity index is 561. The topological polar surface area (TPSA) is 54.4 Å². The van der Waals surface area contributed by atoms with Crippen molar-refractivity contribution in [1.29, 1.82) is 0 Å². The summed E-state index contributed by atoms with van der Waals surface area (Å²) in [5.41, 5.74) is 2.81. The van der Waals surface area contributed by atoms with Gasteiger partial charge in [0, 0.05) is 12.8 Å². The Hall–Kier alpha value is -1.74. The minimum atomic E-state index is -1.03. The van der Waals surface area contributed by atoms with Gasteiger partial charge >= 0.3 is 0 Å². The largest absolute Gasteiger partial charge is 0.380 e. The monoisotopic (exact) mass is 256 g/mol. The summed E-state index contributed by atoms with van der Waals surface area (Å²) in [4.78, 5) is 22.7. The van der Waals surface area contributed by atoms with Crippen molar-refractivity contribution in [1.82, 2.24) is 0 Å². The first-order chi connectivity index (χ1) is 9.15. The van der Waals surface area contributed by atoms with Crippen LogP contribution in [-0.2, 0) is 9.59 Å². The average Bonchev–Trinajstić information content (AvgIpc) is 2.43. The fourth-order valence-corrected chi connectivity index (χ4v) is 2.93. The SMILES string of the molecule is O=C1CCC(c2ccc3c(c2)C=CC(=O)C3O)CC1. The molecule has 3 heteroatoms. The highest BCUT2D eigenvalue weighted by molar-refractivity contribution is 6.00. The minimum absolute atomic E-state index is 0.261. The van der Waals surface area contributed by atoms with Crippen molar-refractivity contribution in [3.63, 3.8) is 0 Å². The van der Waals surface area contributed by atoms with Gasteiger partial charge in [-0.25, -0.2) is 0 Å². The van der Waals surface area contributed by atoms with Gasteiger partial charge in [0.25, 0.3) is 0 Å². The van der Waals surface area contributed by atoms with Crippen LogP contribution in [0.1, 0.15) is 54.4 Å². The minimum Gasteiger partial charge on any atom is -0.380 e. The van der Waals surface area contributed by atoms with E-state index in [4.69, 9.17) is 0 Å². The normalized spacial score (nSPS) is 23.5. The van der Waals surface area contributed by atoms with Crippen molar-refractivity contribution in [3.05, 3.63) is 41.0 Å². The molecular weight excluding hydrogens is 240 g/mol. The van der Waals surface area contributed by atoms with Crippen LogP contribution >= 0.6 is 0 Å². The van der Waals surface area contributed by atoms with Crippen LogP contribution in [-0.4, -0.2) is 16.7 Å². The molecule has 1 aromatic carbocycles. The first-order valence-corrected chi connectivity index (χ1v) is 6.70. The molecule has 1 atom stereocenters. The van der Waals surface area contributed by atoms with E-state index in [1.807, 2.05) is 18.2 Å². The molecule has 0 aliphatic heterocycles. The number of Topliss-reactive ketones (excluding diaryl/α,β-unsaturated/α-hetero) is 1. The Labute approximate surface area is 111 Å². The summed E-state index contributed by atoms with van der Waals surface area (Å²) < 4.78 is 0. The van der Waals surface area contributed by atoms with Crippen LogP contribution in [0.4, 0.5) is 0 Å². The van der Waals surface area contributed by atoms with Crippen molar-refractivity contribution in [2.24, 2.45) is 0 Å². The Morgan fingerprint density at radius 2 is 1.79 bits per heavy atom. The van der Waals surface area contributed by atoms with E-state index in [2.05, 4.69) is 0 Å². The van der Waals surface area contributed by atoms with Crippen LogP contribution in [0.5, 0.6) is 0 Å². The van der Waals surface area contributed by atoms with E-state index < -0.39 is 6.10 Å². The molecule has 3 rings (SSSR count). The first-order valence-electron chi connectivity index (χ1n) is 6.70. The van der Waals surface area contributed by atoms with Gasteiger partial charge in [0.05, 0.1) is 0 Å². The number of hydrogen-bond donors (Lipinski definition) is 1. The predicted molar refractivity (Wildman–Crippen MR) is 71.7 cm³/mol. The van der Waals surface area contributed by atoms with Gasteiger partial charge in [-0.15, -0.1) is 0 Å². The molecule has 1 N–H and O–H groups in total. The highest BCUT2D eigenvalue weighted by Gasteiger charge is 2.24. The molecule has 0 radical (unpaired) electrons. The summed E-state index contributed by atoms with van der Waals surface area (Å²) in [5.74, 6) is 0.518. The van der Waals surface area contributed by atoms with Crippen molar-refractivity contribution >= 4 is 17.6 Å². The zero-order chi connectivity index (χ0) is 13.4. The number of fused-ring (bicyclic) bond motifs is 1. The summed E-state index contributed by atoms with van der Waals surface area (Å²) in [6.45, 7) is 0. The lowest BCUT2D eigenvalue weighted by molar-refractivity contribution is -0.122. The van der Waals surface area contributed by atoms with E-state index >= 15 is 0 Å². The third-order valence-corrected chi connectivity index (χ3v) is 4.12. The number of aliphatic hydroxyl groups is 1. The van der Waals surface area contributed by atoms with Gasteiger partial charge < -0.3 is 5.11 Å². The number of ketones is 2. The van der Waals surface area contributed by atoms with Gasteiger partial charge in [0.1, 0.15) is 11.9 Å². The third kappa shape index (κ3) is 2.26. The zero-order valence-corrected chi connectivity index (χ0v) is 10.6. The molecule has 19 heavy (non-hydrogen) atoms. The molecule has 2 aliphatic rings. The molecule has 1 aromatic rings. The standard InChI is InChI=1S/C16H16O3/c17-13-5-1-10(2-6-13)11-3-7-14-12(9-11)4-8-15(18)16(14)19/h3-4,7-10,16,19H,1-2,5-6H2. The Kier molecular flexibility index (Phi) is 3.07. The fraction of sp³-hybridized carbons (Fsp3) is 0.375. The van der Waals surface area contributed by atoms with E-state index in [0.29, 0.717) is 30.1 Å². The van der Waals surface area contributed by atoms with E-state index in [1.54, 1.807) is 6.08 Å². The summed E-state index contributed by atoms with van der Waals surface area (Å²) in [5, 5.41) is 9.82. The number of carbonyl (C=O) groups excluding carboxylic acids is 2. The van der Waals surface area contributed by atoms with E-state index in [9.17, 15) is 14.7 Å². The van der Waals surface area contributed by atoms with Crippen LogP contribution in [0.2, 0.25) is 0 Å². The lowest BCUT2D eigenvalue weighted by Crippen LogP contribution is -2.16. The maximum absolute atomic E-state index is 11.4. The van der Waals surface area contributed by atoms with Crippen LogP contribution in [0, 0.1) is 0 Å². The van der Waals surface area contributed by atoms with Gasteiger partial charge in [0.15, 0.2) is 5.78 Å². The molecule has 1 saturated carbocycles. The lowest BCUT2D eigenvalue weighted by atomic mass is 9.81. The molecule has 2 aliphatic carbocycles. The van der Waals surface area contributed by atoms with Crippen LogP contribution in [0.3, 0.4) is 0 Å².